The van der Waals surface area contributed by atoms with Crippen molar-refractivity contribution in [1.29, 1.82) is 0 Å². The van der Waals surface area contributed by atoms with Gasteiger partial charge < -0.3 is 10.3 Å². The molecule has 0 radical (unpaired) electrons. The third-order valence-corrected chi connectivity index (χ3v) is 3.34. The van der Waals surface area contributed by atoms with Crippen LogP contribution in [0.5, 0.6) is 0 Å². The van der Waals surface area contributed by atoms with Crippen molar-refractivity contribution in [2.24, 2.45) is 5.73 Å². The van der Waals surface area contributed by atoms with Gasteiger partial charge in [-0.3, -0.25) is 0 Å². The fraction of sp³-hybridized carbons (Fsp3) is 0.500. The molecule has 0 saturated heterocycles. The molecule has 1 saturated carbocycles. The molecule has 0 amide bonds. The zero-order chi connectivity index (χ0) is 10.3. The van der Waals surface area contributed by atoms with Crippen LogP contribution >= 0.6 is 23.9 Å². The summed E-state index contributed by atoms with van der Waals surface area (Å²) in [6.07, 6.45) is 4.58. The van der Waals surface area contributed by atoms with Gasteiger partial charge in [-0.25, -0.2) is 0 Å². The molecule has 2 N–H and O–H groups in total. The number of hydrogen-bond donors (Lipinski definition) is 1. The molecule has 2 aromatic heterocycles. The summed E-state index contributed by atoms with van der Waals surface area (Å²) < 4.78 is 8.86. The van der Waals surface area contributed by atoms with Gasteiger partial charge in [-0.15, -0.1) is 17.5 Å². The molecule has 8 heteroatoms. The summed E-state index contributed by atoms with van der Waals surface area (Å²) in [6, 6.07) is 0. The van der Waals surface area contributed by atoms with Crippen molar-refractivity contribution in [2.45, 2.75) is 24.8 Å². The Morgan fingerprint density at radius 2 is 2.25 bits per heavy atom. The molecule has 3 rings (SSSR count). The largest absolute Gasteiger partial charge is 0.333 e. The minimum Gasteiger partial charge on any atom is -0.333 e. The first-order valence-corrected chi connectivity index (χ1v) is 5.46. The summed E-state index contributed by atoms with van der Waals surface area (Å²) in [5.41, 5.74) is 5.70. The summed E-state index contributed by atoms with van der Waals surface area (Å²) in [5.74, 6) is 1.05. The van der Waals surface area contributed by atoms with Crippen LogP contribution in [0.25, 0.3) is 10.8 Å². The van der Waals surface area contributed by atoms with Crippen LogP contribution in [-0.2, 0) is 5.54 Å². The molecule has 0 unspecified atom stereocenters. The maximum Gasteiger partial charge on any atom is 0.271 e. The predicted molar refractivity (Wildman–Crippen MR) is 60.2 cm³/mol. The average molecular weight is 260 g/mol. The Kier molecular flexibility index (Phi) is 2.92. The fourth-order valence-electron chi connectivity index (χ4n) is 1.57. The second kappa shape index (κ2) is 4.08. The van der Waals surface area contributed by atoms with E-state index in [0.717, 1.165) is 24.1 Å². The summed E-state index contributed by atoms with van der Waals surface area (Å²) in [7, 11) is 0. The Morgan fingerprint density at radius 1 is 1.44 bits per heavy atom. The first-order valence-electron chi connectivity index (χ1n) is 4.69. The number of aromatic nitrogens is 4. The van der Waals surface area contributed by atoms with E-state index in [1.807, 2.05) is 0 Å². The van der Waals surface area contributed by atoms with Gasteiger partial charge in [-0.1, -0.05) is 9.64 Å². The maximum atomic E-state index is 6.08. The van der Waals surface area contributed by atoms with Crippen LogP contribution < -0.4 is 5.73 Å². The summed E-state index contributed by atoms with van der Waals surface area (Å²) in [5, 5.41) is 7.62. The minimum absolute atomic E-state index is 0. The van der Waals surface area contributed by atoms with Gasteiger partial charge in [-0.05, 0) is 30.8 Å². The number of nitrogens with zero attached hydrogens (tertiary/aromatic N) is 4. The smallest absolute Gasteiger partial charge is 0.271 e. The second-order valence-corrected chi connectivity index (χ2v) is 4.50. The lowest BCUT2D eigenvalue weighted by Gasteiger charge is -2.34. The van der Waals surface area contributed by atoms with E-state index in [9.17, 15) is 0 Å². The van der Waals surface area contributed by atoms with Crippen molar-refractivity contribution in [3.8, 4) is 10.8 Å². The van der Waals surface area contributed by atoms with Gasteiger partial charge in [0, 0.05) is 0 Å². The van der Waals surface area contributed by atoms with Gasteiger partial charge in [0.1, 0.15) is 4.88 Å². The second-order valence-electron chi connectivity index (χ2n) is 3.71. The van der Waals surface area contributed by atoms with Crippen molar-refractivity contribution >= 4 is 23.9 Å². The molecule has 86 valence electrons. The molecule has 1 aliphatic rings. The minimum atomic E-state index is -0.375. The van der Waals surface area contributed by atoms with E-state index < -0.39 is 0 Å². The molecule has 1 fully saturated rings. The highest BCUT2D eigenvalue weighted by molar-refractivity contribution is 7.09. The number of nitrogens with two attached hydrogens (primary N) is 1. The van der Waals surface area contributed by atoms with Crippen molar-refractivity contribution < 1.29 is 4.52 Å². The Balaban J connectivity index is 0.000000963. The van der Waals surface area contributed by atoms with E-state index >= 15 is 0 Å². The SMILES string of the molecule is Cl.NC1(c2noc(-c3cnns3)n2)CCC1. The van der Waals surface area contributed by atoms with E-state index in [1.54, 1.807) is 6.20 Å². The summed E-state index contributed by atoms with van der Waals surface area (Å²) in [4.78, 5) is 5.05. The molecule has 0 aliphatic heterocycles. The Hall–Kier alpha value is -1.05. The molecule has 0 spiro atoms. The highest BCUT2D eigenvalue weighted by Gasteiger charge is 2.39. The third-order valence-electron chi connectivity index (χ3n) is 2.69. The number of halogens is 1. The third kappa shape index (κ3) is 1.70. The first-order chi connectivity index (χ1) is 7.28. The standard InChI is InChI=1S/C8H9N5OS.ClH/c9-8(2-1-3-8)7-11-6(14-12-7)5-4-10-13-15-5;/h4H,1-3,9H2;1H. The van der Waals surface area contributed by atoms with Crippen LogP contribution in [0.2, 0.25) is 0 Å². The maximum absolute atomic E-state index is 6.08. The number of hydrogen-bond acceptors (Lipinski definition) is 7. The fourth-order valence-corrected chi connectivity index (χ4v) is 2.01. The van der Waals surface area contributed by atoms with Crippen LogP contribution in [0.15, 0.2) is 10.7 Å². The lowest BCUT2D eigenvalue weighted by Crippen LogP contribution is -2.44. The summed E-state index contributed by atoms with van der Waals surface area (Å²) in [6.45, 7) is 0. The molecule has 0 bridgehead atoms. The highest BCUT2D eigenvalue weighted by atomic mass is 35.5. The van der Waals surface area contributed by atoms with Gasteiger partial charge in [0.25, 0.3) is 5.89 Å². The van der Waals surface area contributed by atoms with Gasteiger partial charge in [0.2, 0.25) is 0 Å². The molecule has 1 aliphatic carbocycles. The zero-order valence-corrected chi connectivity index (χ0v) is 9.92. The number of rotatable bonds is 2. The van der Waals surface area contributed by atoms with Crippen LogP contribution in [0.3, 0.4) is 0 Å². The molecular weight excluding hydrogens is 250 g/mol. The Labute approximate surface area is 102 Å². The van der Waals surface area contributed by atoms with Crippen molar-refractivity contribution in [2.75, 3.05) is 0 Å². The molecule has 6 nitrogen and oxygen atoms in total. The van der Waals surface area contributed by atoms with Crippen LogP contribution in [0.4, 0.5) is 0 Å². The molecule has 16 heavy (non-hydrogen) atoms. The highest BCUT2D eigenvalue weighted by Crippen LogP contribution is 2.37. The molecule has 0 aromatic carbocycles. The monoisotopic (exact) mass is 259 g/mol. The van der Waals surface area contributed by atoms with E-state index in [1.165, 1.54) is 11.5 Å². The zero-order valence-electron chi connectivity index (χ0n) is 8.29. The van der Waals surface area contributed by atoms with Gasteiger partial charge in [0.15, 0.2) is 5.82 Å². The molecule has 0 atom stereocenters. The average Bonchev–Trinajstić information content (AvgIpc) is 2.84. The molecule has 2 heterocycles. The van der Waals surface area contributed by atoms with Gasteiger partial charge >= 0.3 is 0 Å². The van der Waals surface area contributed by atoms with Crippen molar-refractivity contribution in [1.82, 2.24) is 19.7 Å². The van der Waals surface area contributed by atoms with Crippen LogP contribution in [0.1, 0.15) is 25.1 Å². The lowest BCUT2D eigenvalue weighted by atomic mass is 9.77. The van der Waals surface area contributed by atoms with E-state index in [0.29, 0.717) is 11.7 Å². The Morgan fingerprint density at radius 3 is 2.81 bits per heavy atom. The molecule has 2 aromatic rings. The van der Waals surface area contributed by atoms with Crippen LogP contribution in [0, 0.1) is 0 Å². The first kappa shape index (κ1) is 11.4. The lowest BCUT2D eigenvalue weighted by molar-refractivity contribution is 0.229. The summed E-state index contributed by atoms with van der Waals surface area (Å²) >= 11 is 1.23. The van der Waals surface area contributed by atoms with Crippen molar-refractivity contribution in [3.05, 3.63) is 12.0 Å². The Bertz CT molecular complexity index is 466. The quantitative estimate of drug-likeness (QED) is 0.875. The molecular formula is C8H10ClN5OS. The predicted octanol–water partition coefficient (Wildman–Crippen LogP) is 1.35. The topological polar surface area (TPSA) is 90.7 Å². The van der Waals surface area contributed by atoms with E-state index in [4.69, 9.17) is 10.3 Å². The van der Waals surface area contributed by atoms with Crippen molar-refractivity contribution in [3.63, 3.8) is 0 Å². The van der Waals surface area contributed by atoms with E-state index in [-0.39, 0.29) is 17.9 Å². The van der Waals surface area contributed by atoms with E-state index in [2.05, 4.69) is 19.7 Å². The van der Waals surface area contributed by atoms with Gasteiger partial charge in [0.05, 0.1) is 11.7 Å². The van der Waals surface area contributed by atoms with Crippen LogP contribution in [-0.4, -0.2) is 19.7 Å². The van der Waals surface area contributed by atoms with Gasteiger partial charge in [-0.2, -0.15) is 4.98 Å². The normalized spacial score (nSPS) is 17.6.